The summed E-state index contributed by atoms with van der Waals surface area (Å²) in [6.45, 7) is 0.145. The Labute approximate surface area is 106 Å². The molecule has 1 aromatic rings. The molecule has 2 N–H and O–H groups in total. The van der Waals surface area contributed by atoms with Crippen LogP contribution in [0.3, 0.4) is 0 Å². The molecular weight excluding hydrogens is 238 g/mol. The lowest BCUT2D eigenvalue weighted by Gasteiger charge is -2.18. The molecule has 0 saturated heterocycles. The Kier molecular flexibility index (Phi) is 5.76. The number of hydrogen-bond donors (Lipinski definition) is 3. The van der Waals surface area contributed by atoms with Crippen molar-refractivity contribution < 1.29 is 15.1 Å². The Balaban J connectivity index is 2.50. The molecule has 0 bridgehead atoms. The summed E-state index contributed by atoms with van der Waals surface area (Å²) < 4.78 is 0. The van der Waals surface area contributed by atoms with Crippen LogP contribution in [0.15, 0.2) is 36.4 Å². The summed E-state index contributed by atoms with van der Waals surface area (Å²) in [5, 5.41) is 19.1. The van der Waals surface area contributed by atoms with E-state index in [1.165, 1.54) is 0 Å². The number of benzene rings is 1. The van der Waals surface area contributed by atoms with Crippen molar-refractivity contribution >= 4 is 24.7 Å². The van der Waals surface area contributed by atoms with Crippen LogP contribution in [0.2, 0.25) is 0 Å². The van der Waals surface area contributed by atoms with Gasteiger partial charge in [0, 0.05) is 12.3 Å². The van der Waals surface area contributed by atoms with Crippen molar-refractivity contribution in [2.45, 2.75) is 6.04 Å². The quantitative estimate of drug-likeness (QED) is 0.534. The minimum atomic E-state index is -1.09. The molecule has 0 saturated carbocycles. The topological polar surface area (TPSA) is 60.8 Å². The van der Waals surface area contributed by atoms with Gasteiger partial charge in [0.2, 0.25) is 0 Å². The molecule has 0 unspecified atom stereocenters. The number of rotatable bonds is 6. The summed E-state index contributed by atoms with van der Waals surface area (Å²) in [4.78, 5) is 10.7. The first-order valence-corrected chi connectivity index (χ1v) is 5.79. The summed E-state index contributed by atoms with van der Waals surface area (Å²) in [5.74, 6) is -1.03. The third-order valence-corrected chi connectivity index (χ3v) is 2.57. The highest BCUT2D eigenvalue weighted by molar-refractivity contribution is 7.80. The van der Waals surface area contributed by atoms with E-state index in [4.69, 9.17) is 5.11 Å². The highest BCUT2D eigenvalue weighted by Crippen LogP contribution is 2.03. The van der Waals surface area contributed by atoms with Crippen LogP contribution < -0.4 is 0 Å². The zero-order valence-electron chi connectivity index (χ0n) is 9.23. The number of carboxylic acid groups (broad SMARTS) is 1. The van der Waals surface area contributed by atoms with Crippen LogP contribution in [0.5, 0.6) is 0 Å². The molecule has 1 aromatic carbocycles. The van der Waals surface area contributed by atoms with Crippen molar-refractivity contribution in [1.29, 1.82) is 0 Å². The van der Waals surface area contributed by atoms with Gasteiger partial charge in [0.1, 0.15) is 6.04 Å². The summed E-state index contributed by atoms with van der Waals surface area (Å²) in [7, 11) is 0. The van der Waals surface area contributed by atoms with Gasteiger partial charge >= 0.3 is 5.97 Å². The van der Waals surface area contributed by atoms with E-state index in [0.717, 1.165) is 10.6 Å². The molecule has 0 aliphatic rings. The number of aliphatic carboxylic acids is 1. The van der Waals surface area contributed by atoms with Gasteiger partial charge in [0.05, 0.1) is 0 Å². The lowest BCUT2D eigenvalue weighted by atomic mass is 10.2. The van der Waals surface area contributed by atoms with E-state index in [-0.39, 0.29) is 12.3 Å². The molecular formula is C12H15NO3S. The van der Waals surface area contributed by atoms with Gasteiger partial charge in [-0.3, -0.25) is 4.79 Å². The molecule has 1 atom stereocenters. The lowest BCUT2D eigenvalue weighted by Crippen LogP contribution is -2.40. The highest BCUT2D eigenvalue weighted by atomic mass is 32.1. The van der Waals surface area contributed by atoms with E-state index < -0.39 is 12.0 Å². The van der Waals surface area contributed by atoms with Crippen LogP contribution in [0.4, 0.5) is 0 Å². The van der Waals surface area contributed by atoms with Gasteiger partial charge in [0.25, 0.3) is 0 Å². The average molecular weight is 253 g/mol. The predicted molar refractivity (Wildman–Crippen MR) is 69.2 cm³/mol. The molecule has 0 aliphatic heterocycles. The maximum Gasteiger partial charge on any atom is 0.324 e. The van der Waals surface area contributed by atoms with Gasteiger partial charge in [-0.1, -0.05) is 42.5 Å². The monoisotopic (exact) mass is 253 g/mol. The van der Waals surface area contributed by atoms with E-state index in [2.05, 4.69) is 12.6 Å². The number of hydrogen-bond acceptors (Lipinski definition) is 4. The second kappa shape index (κ2) is 7.11. The second-order valence-corrected chi connectivity index (χ2v) is 3.84. The van der Waals surface area contributed by atoms with Gasteiger partial charge in [0.15, 0.2) is 0 Å². The summed E-state index contributed by atoms with van der Waals surface area (Å²) in [6.07, 6.45) is 3.52. The Bertz CT molecular complexity index is 381. The van der Waals surface area contributed by atoms with Crippen LogP contribution in [0.25, 0.3) is 6.08 Å². The molecule has 5 heteroatoms. The Hall–Kier alpha value is -1.30. The predicted octanol–water partition coefficient (Wildman–Crippen LogP) is 1.77. The first kappa shape index (κ1) is 13.8. The fraction of sp³-hybridized carbons (Fsp3) is 0.250. The number of nitrogens with zero attached hydrogens (tertiary/aromatic N) is 1. The third kappa shape index (κ3) is 4.60. The van der Waals surface area contributed by atoms with E-state index in [0.29, 0.717) is 0 Å². The van der Waals surface area contributed by atoms with E-state index in [1.807, 2.05) is 36.4 Å². The molecule has 0 aliphatic carbocycles. The Morgan fingerprint density at radius 2 is 2.06 bits per heavy atom. The van der Waals surface area contributed by atoms with E-state index >= 15 is 0 Å². The molecule has 0 spiro atoms. The van der Waals surface area contributed by atoms with E-state index in [9.17, 15) is 10.0 Å². The first-order valence-electron chi connectivity index (χ1n) is 5.16. The fourth-order valence-corrected chi connectivity index (χ4v) is 1.63. The van der Waals surface area contributed by atoms with Crippen molar-refractivity contribution in [3.63, 3.8) is 0 Å². The summed E-state index contributed by atoms with van der Waals surface area (Å²) >= 11 is 3.88. The Morgan fingerprint density at radius 3 is 2.59 bits per heavy atom. The number of carboxylic acids is 1. The van der Waals surface area contributed by atoms with Gasteiger partial charge in [-0.15, -0.1) is 0 Å². The first-order chi connectivity index (χ1) is 8.15. The normalized spacial score (nSPS) is 13.1. The highest BCUT2D eigenvalue weighted by Gasteiger charge is 2.21. The molecule has 92 valence electrons. The minimum absolute atomic E-state index is 0.0605. The van der Waals surface area contributed by atoms with Gasteiger partial charge in [-0.05, 0) is 5.56 Å². The molecule has 1 rings (SSSR count). The average Bonchev–Trinajstić information content (AvgIpc) is 2.30. The maximum absolute atomic E-state index is 10.7. The number of hydroxylamine groups is 2. The molecule has 0 aromatic heterocycles. The largest absolute Gasteiger partial charge is 0.480 e. The molecule has 0 amide bonds. The van der Waals surface area contributed by atoms with Crippen molar-refractivity contribution in [1.82, 2.24) is 5.06 Å². The zero-order chi connectivity index (χ0) is 12.7. The standard InChI is InChI=1S/C12H15NO3S/c14-12(15)11(9-17)13(16)8-4-7-10-5-2-1-3-6-10/h1-7,11,16-17H,8-9H2,(H,14,15)/b7-4+/t11-/m0/s1. The molecule has 4 nitrogen and oxygen atoms in total. The molecule has 17 heavy (non-hydrogen) atoms. The summed E-state index contributed by atoms with van der Waals surface area (Å²) in [6, 6.07) is 8.58. The molecule has 0 heterocycles. The second-order valence-electron chi connectivity index (χ2n) is 3.47. The smallest absolute Gasteiger partial charge is 0.324 e. The van der Waals surface area contributed by atoms with Crippen molar-refractivity contribution in [2.75, 3.05) is 12.3 Å². The van der Waals surface area contributed by atoms with Gasteiger partial charge in [-0.2, -0.15) is 17.7 Å². The minimum Gasteiger partial charge on any atom is -0.480 e. The van der Waals surface area contributed by atoms with Crippen LogP contribution in [0.1, 0.15) is 5.56 Å². The van der Waals surface area contributed by atoms with Crippen LogP contribution in [0, 0.1) is 0 Å². The maximum atomic E-state index is 10.7. The van der Waals surface area contributed by atoms with Crippen molar-refractivity contribution in [3.05, 3.63) is 42.0 Å². The van der Waals surface area contributed by atoms with Gasteiger partial charge < -0.3 is 10.3 Å². The lowest BCUT2D eigenvalue weighted by molar-refractivity contribution is -0.163. The number of carbonyl (C=O) groups is 1. The molecule has 0 radical (unpaired) electrons. The van der Waals surface area contributed by atoms with Crippen LogP contribution >= 0.6 is 12.6 Å². The summed E-state index contributed by atoms with van der Waals surface area (Å²) in [5.41, 5.74) is 0.999. The number of thiol groups is 1. The van der Waals surface area contributed by atoms with Crippen molar-refractivity contribution in [3.8, 4) is 0 Å². The molecule has 0 fully saturated rings. The van der Waals surface area contributed by atoms with Crippen LogP contribution in [-0.4, -0.2) is 39.7 Å². The van der Waals surface area contributed by atoms with Gasteiger partial charge in [-0.25, -0.2) is 0 Å². The third-order valence-electron chi connectivity index (χ3n) is 2.22. The van der Waals surface area contributed by atoms with Crippen molar-refractivity contribution in [2.24, 2.45) is 0 Å². The van der Waals surface area contributed by atoms with E-state index in [1.54, 1.807) is 6.08 Å². The fourth-order valence-electron chi connectivity index (χ4n) is 1.29. The SMILES string of the molecule is O=C(O)[C@H](CS)N(O)C/C=C/c1ccccc1. The Morgan fingerprint density at radius 1 is 1.41 bits per heavy atom. The van der Waals surface area contributed by atoms with Crippen LogP contribution in [-0.2, 0) is 4.79 Å². The zero-order valence-corrected chi connectivity index (χ0v) is 10.1.